The maximum atomic E-state index is 6.52. The third-order valence-corrected chi connectivity index (χ3v) is 5.56. The minimum atomic E-state index is 0.331. The second kappa shape index (κ2) is 5.79. The Morgan fingerprint density at radius 3 is 0.893 bits per heavy atom. The van der Waals surface area contributed by atoms with Crippen molar-refractivity contribution in [3.8, 4) is 44.5 Å². The Balaban J connectivity index is 2.08. The summed E-state index contributed by atoms with van der Waals surface area (Å²) in [7, 11) is 0. The number of rotatable bonds is 0. The van der Waals surface area contributed by atoms with Crippen molar-refractivity contribution < 1.29 is 0 Å². The summed E-state index contributed by atoms with van der Waals surface area (Å²) in [6, 6.07) is 24.8. The molecule has 136 valence electrons. The van der Waals surface area contributed by atoms with Crippen LogP contribution < -0.4 is 22.9 Å². The molecule has 28 heavy (non-hydrogen) atoms. The molecule has 8 N–H and O–H groups in total. The molecule has 0 saturated heterocycles. The Morgan fingerprint density at radius 1 is 0.321 bits per heavy atom. The van der Waals surface area contributed by atoms with Crippen LogP contribution in [-0.4, -0.2) is 0 Å². The normalized spacial score (nSPS) is 11.4. The lowest BCUT2D eigenvalue weighted by atomic mass is 9.79. The van der Waals surface area contributed by atoms with Gasteiger partial charge in [0.15, 0.2) is 0 Å². The molecule has 0 spiro atoms. The number of hydrogen-bond donors (Lipinski definition) is 4. The standard InChI is InChI=1S/C24H20N4/c25-21-19-17-11-5-3-9-15(17)13-7-1-2-8-14(13)16-10-4-6-12-18(16)20(19)22(26)24(28)23(21)27/h1-12H,25-28H2. The second-order valence-corrected chi connectivity index (χ2v) is 7.04. The Bertz CT molecular complexity index is 1160. The second-order valence-electron chi connectivity index (χ2n) is 7.04. The molecule has 1 aliphatic rings. The Hall–Kier alpha value is -3.92. The number of benzene rings is 4. The fourth-order valence-electron chi connectivity index (χ4n) is 4.21. The molecule has 0 aromatic heterocycles. The minimum Gasteiger partial charge on any atom is -0.396 e. The van der Waals surface area contributed by atoms with Crippen LogP contribution >= 0.6 is 0 Å². The maximum Gasteiger partial charge on any atom is 0.0809 e. The molecule has 4 aromatic rings. The zero-order chi connectivity index (χ0) is 19.4. The molecule has 5 rings (SSSR count). The number of fused-ring (bicyclic) bond motifs is 8. The smallest absolute Gasteiger partial charge is 0.0809 e. The van der Waals surface area contributed by atoms with Gasteiger partial charge >= 0.3 is 0 Å². The monoisotopic (exact) mass is 364 g/mol. The molecular weight excluding hydrogens is 344 g/mol. The minimum absolute atomic E-state index is 0.331. The van der Waals surface area contributed by atoms with Crippen LogP contribution in [-0.2, 0) is 0 Å². The van der Waals surface area contributed by atoms with Crippen LogP contribution in [0.15, 0.2) is 72.8 Å². The lowest BCUT2D eigenvalue weighted by Gasteiger charge is -2.26. The number of anilines is 4. The lowest BCUT2D eigenvalue weighted by Crippen LogP contribution is -2.09. The van der Waals surface area contributed by atoms with Gasteiger partial charge in [0, 0.05) is 11.1 Å². The van der Waals surface area contributed by atoms with Gasteiger partial charge < -0.3 is 22.9 Å². The van der Waals surface area contributed by atoms with Crippen LogP contribution in [0.3, 0.4) is 0 Å². The van der Waals surface area contributed by atoms with E-state index in [0.717, 1.165) is 44.5 Å². The van der Waals surface area contributed by atoms with E-state index < -0.39 is 0 Å². The molecule has 0 radical (unpaired) electrons. The van der Waals surface area contributed by atoms with Crippen LogP contribution in [0.2, 0.25) is 0 Å². The highest BCUT2D eigenvalue weighted by Gasteiger charge is 2.27. The van der Waals surface area contributed by atoms with Crippen LogP contribution in [0.25, 0.3) is 44.5 Å². The van der Waals surface area contributed by atoms with Gasteiger partial charge in [0.05, 0.1) is 22.7 Å². The topological polar surface area (TPSA) is 104 Å². The first-order valence-electron chi connectivity index (χ1n) is 9.14. The molecule has 0 fully saturated rings. The summed E-state index contributed by atoms with van der Waals surface area (Å²) < 4.78 is 0. The van der Waals surface area contributed by atoms with Gasteiger partial charge in [-0.1, -0.05) is 72.8 Å². The SMILES string of the molecule is Nc1c(N)c(N)c2c(c1N)-c1ccccc1-c1ccccc1-c1ccccc1-2. The highest BCUT2D eigenvalue weighted by atomic mass is 14.8. The largest absolute Gasteiger partial charge is 0.396 e. The molecule has 4 nitrogen and oxygen atoms in total. The molecule has 0 aliphatic heterocycles. The van der Waals surface area contributed by atoms with Gasteiger partial charge in [-0.3, -0.25) is 0 Å². The van der Waals surface area contributed by atoms with Crippen molar-refractivity contribution in [2.24, 2.45) is 0 Å². The predicted molar refractivity (Wildman–Crippen MR) is 119 cm³/mol. The average molecular weight is 364 g/mol. The van der Waals surface area contributed by atoms with Crippen molar-refractivity contribution >= 4 is 22.7 Å². The van der Waals surface area contributed by atoms with Gasteiger partial charge in [0.1, 0.15) is 0 Å². The van der Waals surface area contributed by atoms with E-state index in [1.807, 2.05) is 24.3 Å². The van der Waals surface area contributed by atoms with E-state index in [4.69, 9.17) is 22.9 Å². The molecule has 0 saturated carbocycles. The molecule has 4 aromatic carbocycles. The van der Waals surface area contributed by atoms with E-state index in [2.05, 4.69) is 48.5 Å². The van der Waals surface area contributed by atoms with Crippen molar-refractivity contribution in [3.63, 3.8) is 0 Å². The fourth-order valence-corrected chi connectivity index (χ4v) is 4.21. The summed E-state index contributed by atoms with van der Waals surface area (Å²) in [4.78, 5) is 0. The van der Waals surface area contributed by atoms with E-state index in [1.165, 1.54) is 0 Å². The summed E-state index contributed by atoms with van der Waals surface area (Å²) in [5, 5.41) is 0. The molecule has 0 atom stereocenters. The van der Waals surface area contributed by atoms with Gasteiger partial charge in [0.2, 0.25) is 0 Å². The molecular formula is C24H20N4. The van der Waals surface area contributed by atoms with E-state index in [-0.39, 0.29) is 0 Å². The summed E-state index contributed by atoms with van der Waals surface area (Å²) in [5.74, 6) is 0. The maximum absolute atomic E-state index is 6.52. The van der Waals surface area contributed by atoms with E-state index >= 15 is 0 Å². The summed E-state index contributed by atoms with van der Waals surface area (Å²) >= 11 is 0. The zero-order valence-electron chi connectivity index (χ0n) is 15.2. The van der Waals surface area contributed by atoms with Crippen LogP contribution in [0, 0.1) is 0 Å². The molecule has 0 amide bonds. The molecule has 1 aliphatic carbocycles. The van der Waals surface area contributed by atoms with E-state index in [1.54, 1.807) is 0 Å². The highest BCUT2D eigenvalue weighted by molar-refractivity contribution is 6.14. The number of nitrogens with two attached hydrogens (primary N) is 4. The van der Waals surface area contributed by atoms with Gasteiger partial charge in [-0.15, -0.1) is 0 Å². The van der Waals surface area contributed by atoms with Gasteiger partial charge in [-0.05, 0) is 33.4 Å². The average Bonchev–Trinajstić information content (AvgIpc) is 2.74. The Kier molecular flexibility index (Phi) is 3.36. The Labute approximate surface area is 163 Å². The zero-order valence-corrected chi connectivity index (χ0v) is 15.2. The summed E-state index contributed by atoms with van der Waals surface area (Å²) in [6.45, 7) is 0. The first-order chi connectivity index (χ1) is 13.6. The van der Waals surface area contributed by atoms with Crippen LogP contribution in [0.5, 0.6) is 0 Å². The third-order valence-electron chi connectivity index (χ3n) is 5.56. The first kappa shape index (κ1) is 16.3. The lowest BCUT2D eigenvalue weighted by molar-refractivity contribution is 1.52. The molecule has 0 heterocycles. The van der Waals surface area contributed by atoms with Crippen LogP contribution in [0.1, 0.15) is 0 Å². The summed E-state index contributed by atoms with van der Waals surface area (Å²) in [6.07, 6.45) is 0. The highest BCUT2D eigenvalue weighted by Crippen LogP contribution is 2.54. The quantitative estimate of drug-likeness (QED) is 0.290. The van der Waals surface area contributed by atoms with E-state index in [9.17, 15) is 0 Å². The number of hydrogen-bond acceptors (Lipinski definition) is 4. The first-order valence-corrected chi connectivity index (χ1v) is 9.14. The number of nitrogen functional groups attached to an aromatic ring is 4. The van der Waals surface area contributed by atoms with Gasteiger partial charge in [-0.2, -0.15) is 0 Å². The van der Waals surface area contributed by atoms with Crippen molar-refractivity contribution in [1.82, 2.24) is 0 Å². The predicted octanol–water partition coefficient (Wildman–Crippen LogP) is 5.00. The van der Waals surface area contributed by atoms with Crippen molar-refractivity contribution in [2.75, 3.05) is 22.9 Å². The van der Waals surface area contributed by atoms with Crippen LogP contribution in [0.4, 0.5) is 22.7 Å². The van der Waals surface area contributed by atoms with E-state index in [0.29, 0.717) is 22.7 Å². The summed E-state index contributed by atoms with van der Waals surface area (Å²) in [5.41, 5.74) is 35.2. The third kappa shape index (κ3) is 2.06. The van der Waals surface area contributed by atoms with Gasteiger partial charge in [0.25, 0.3) is 0 Å². The molecule has 0 unspecified atom stereocenters. The van der Waals surface area contributed by atoms with Gasteiger partial charge in [-0.25, -0.2) is 0 Å². The molecule has 0 bridgehead atoms. The van der Waals surface area contributed by atoms with Crippen molar-refractivity contribution in [3.05, 3.63) is 72.8 Å². The van der Waals surface area contributed by atoms with Crippen molar-refractivity contribution in [2.45, 2.75) is 0 Å². The molecule has 4 heteroatoms. The fraction of sp³-hybridized carbons (Fsp3) is 0. The van der Waals surface area contributed by atoms with Crippen molar-refractivity contribution in [1.29, 1.82) is 0 Å². The Morgan fingerprint density at radius 2 is 0.571 bits per heavy atom.